The number of piperidine rings is 1. The van der Waals surface area contributed by atoms with Crippen LogP contribution in [0.25, 0.3) is 10.2 Å². The summed E-state index contributed by atoms with van der Waals surface area (Å²) in [6, 6.07) is 13.5. The Hall–Kier alpha value is -2.15. The molecule has 0 bridgehead atoms. The van der Waals surface area contributed by atoms with Gasteiger partial charge in [0.05, 0.1) is 16.1 Å². The lowest BCUT2D eigenvalue weighted by Crippen LogP contribution is -2.40. The van der Waals surface area contributed by atoms with Crippen molar-refractivity contribution in [1.29, 1.82) is 0 Å². The number of anilines is 1. The van der Waals surface area contributed by atoms with E-state index in [4.69, 9.17) is 11.6 Å². The third-order valence-electron chi connectivity index (χ3n) is 5.29. The number of benzene rings is 2. The quantitative estimate of drug-likeness (QED) is 0.697. The number of aromatic nitrogens is 1. The van der Waals surface area contributed by atoms with E-state index in [1.807, 2.05) is 42.5 Å². The number of halogens is 1. The number of carbonyl (C=O) groups is 1. The maximum absolute atomic E-state index is 12.8. The first-order valence-electron chi connectivity index (χ1n) is 9.37. The normalized spacial score (nSPS) is 17.7. The summed E-state index contributed by atoms with van der Waals surface area (Å²) in [6.45, 7) is 2.45. The number of aryl methyl sites for hydroxylation is 1. The van der Waals surface area contributed by atoms with Crippen LogP contribution in [0.2, 0.25) is 5.02 Å². The number of nitrogens with one attached hydrogen (secondary N) is 1. The molecule has 1 aliphatic heterocycles. The van der Waals surface area contributed by atoms with Crippen LogP contribution in [0.4, 0.5) is 5.69 Å². The third-order valence-corrected chi connectivity index (χ3v) is 6.65. The number of hydrogen-bond donors (Lipinski definition) is 1. The fourth-order valence-electron chi connectivity index (χ4n) is 3.74. The average molecular weight is 416 g/mol. The first-order chi connectivity index (χ1) is 13.5. The standard InChI is InChI=1S/C21H22ClN3O2S/c1-24-18-9-8-16(11-19(18)28-21(24)27)23-20(26)15-6-4-10-25(13-15)12-14-5-2-3-7-17(14)22/h2-3,5,7-9,11,15H,4,6,10,12-13H2,1H3,(H,23,26). The zero-order valence-electron chi connectivity index (χ0n) is 15.7. The third kappa shape index (κ3) is 3.99. The maximum atomic E-state index is 12.8. The van der Waals surface area contributed by atoms with Crippen LogP contribution >= 0.6 is 22.9 Å². The second-order valence-corrected chi connectivity index (χ2v) is 8.66. The SMILES string of the molecule is Cn1c(=O)sc2cc(NC(=O)C3CCCN(Cc4ccccc4Cl)C3)ccc21. The molecule has 2 heterocycles. The molecule has 1 atom stereocenters. The highest BCUT2D eigenvalue weighted by Crippen LogP contribution is 2.25. The van der Waals surface area contributed by atoms with Crippen LogP contribution in [0.3, 0.4) is 0 Å². The van der Waals surface area contributed by atoms with Crippen molar-refractivity contribution in [3.05, 3.63) is 62.7 Å². The van der Waals surface area contributed by atoms with Gasteiger partial charge in [-0.05, 0) is 49.2 Å². The highest BCUT2D eigenvalue weighted by atomic mass is 35.5. The van der Waals surface area contributed by atoms with E-state index < -0.39 is 0 Å². The lowest BCUT2D eigenvalue weighted by molar-refractivity contribution is -0.121. The van der Waals surface area contributed by atoms with Crippen molar-refractivity contribution < 1.29 is 4.79 Å². The highest BCUT2D eigenvalue weighted by Gasteiger charge is 2.26. The molecule has 2 aromatic carbocycles. The largest absolute Gasteiger partial charge is 0.326 e. The second kappa shape index (κ2) is 8.07. The molecule has 0 aliphatic carbocycles. The number of likely N-dealkylation sites (tertiary alicyclic amines) is 1. The van der Waals surface area contributed by atoms with Crippen molar-refractivity contribution in [2.24, 2.45) is 13.0 Å². The molecule has 7 heteroatoms. The van der Waals surface area contributed by atoms with E-state index >= 15 is 0 Å². The topological polar surface area (TPSA) is 54.3 Å². The Labute approximate surface area is 172 Å². The number of thiazole rings is 1. The molecule has 1 amide bonds. The Balaban J connectivity index is 1.43. The second-order valence-electron chi connectivity index (χ2n) is 7.26. The van der Waals surface area contributed by atoms with E-state index in [-0.39, 0.29) is 16.7 Å². The molecule has 1 aromatic heterocycles. The minimum Gasteiger partial charge on any atom is -0.326 e. The van der Waals surface area contributed by atoms with Crippen molar-refractivity contribution >= 4 is 44.7 Å². The molecule has 1 unspecified atom stereocenters. The number of amides is 1. The van der Waals surface area contributed by atoms with Gasteiger partial charge in [0.15, 0.2) is 0 Å². The van der Waals surface area contributed by atoms with Gasteiger partial charge in [-0.25, -0.2) is 0 Å². The minimum atomic E-state index is -0.0542. The molecule has 0 spiro atoms. The zero-order valence-corrected chi connectivity index (χ0v) is 17.2. The van der Waals surface area contributed by atoms with E-state index in [9.17, 15) is 9.59 Å². The average Bonchev–Trinajstić information content (AvgIpc) is 2.97. The van der Waals surface area contributed by atoms with Gasteiger partial charge in [-0.2, -0.15) is 0 Å². The molecule has 1 N–H and O–H groups in total. The molecule has 3 aromatic rings. The summed E-state index contributed by atoms with van der Waals surface area (Å²) in [5, 5.41) is 3.80. The van der Waals surface area contributed by atoms with Crippen molar-refractivity contribution in [2.45, 2.75) is 19.4 Å². The lowest BCUT2D eigenvalue weighted by atomic mass is 9.96. The van der Waals surface area contributed by atoms with E-state index in [1.54, 1.807) is 11.6 Å². The summed E-state index contributed by atoms with van der Waals surface area (Å²) in [5.74, 6) is -0.0204. The molecule has 1 saturated heterocycles. The van der Waals surface area contributed by atoms with Crippen LogP contribution in [0, 0.1) is 5.92 Å². The monoisotopic (exact) mass is 415 g/mol. The zero-order chi connectivity index (χ0) is 19.7. The molecule has 1 fully saturated rings. The van der Waals surface area contributed by atoms with Crippen LogP contribution < -0.4 is 10.2 Å². The summed E-state index contributed by atoms with van der Waals surface area (Å²) >= 11 is 7.48. The first-order valence-corrected chi connectivity index (χ1v) is 10.6. The predicted octanol–water partition coefficient (Wildman–Crippen LogP) is 4.10. The molecule has 146 valence electrons. The minimum absolute atomic E-state index is 0.000900. The van der Waals surface area contributed by atoms with Crippen LogP contribution in [-0.2, 0) is 18.4 Å². The van der Waals surface area contributed by atoms with Gasteiger partial charge in [0.1, 0.15) is 0 Å². The number of carbonyl (C=O) groups excluding carboxylic acids is 1. The lowest BCUT2D eigenvalue weighted by Gasteiger charge is -2.32. The Kier molecular flexibility index (Phi) is 5.53. The van der Waals surface area contributed by atoms with Gasteiger partial charge in [0.25, 0.3) is 0 Å². The van der Waals surface area contributed by atoms with Crippen molar-refractivity contribution in [1.82, 2.24) is 9.47 Å². The highest BCUT2D eigenvalue weighted by molar-refractivity contribution is 7.16. The van der Waals surface area contributed by atoms with Gasteiger partial charge in [-0.15, -0.1) is 0 Å². The van der Waals surface area contributed by atoms with E-state index in [0.717, 1.165) is 59.0 Å². The van der Waals surface area contributed by atoms with Gasteiger partial charge in [-0.1, -0.05) is 41.1 Å². The Bertz CT molecular complexity index is 1070. The molecule has 28 heavy (non-hydrogen) atoms. The smallest absolute Gasteiger partial charge is 0.307 e. The number of fused-ring (bicyclic) bond motifs is 1. The molecule has 1 aliphatic rings. The molecule has 0 radical (unpaired) electrons. The Morgan fingerprint density at radius 1 is 1.29 bits per heavy atom. The van der Waals surface area contributed by atoms with E-state index in [1.165, 1.54) is 11.3 Å². The van der Waals surface area contributed by atoms with Gasteiger partial charge in [0.2, 0.25) is 5.91 Å². The van der Waals surface area contributed by atoms with Crippen LogP contribution in [0.1, 0.15) is 18.4 Å². The maximum Gasteiger partial charge on any atom is 0.307 e. The van der Waals surface area contributed by atoms with Crippen LogP contribution in [0.5, 0.6) is 0 Å². The molecule has 5 nitrogen and oxygen atoms in total. The summed E-state index contributed by atoms with van der Waals surface area (Å²) in [7, 11) is 1.76. The fourth-order valence-corrected chi connectivity index (χ4v) is 4.85. The molecular formula is C21H22ClN3O2S. The Morgan fingerprint density at radius 2 is 2.11 bits per heavy atom. The van der Waals surface area contributed by atoms with Gasteiger partial charge >= 0.3 is 4.87 Å². The summed E-state index contributed by atoms with van der Waals surface area (Å²) in [5.41, 5.74) is 2.72. The molecular weight excluding hydrogens is 394 g/mol. The van der Waals surface area contributed by atoms with E-state index in [2.05, 4.69) is 10.2 Å². The Morgan fingerprint density at radius 3 is 2.93 bits per heavy atom. The van der Waals surface area contributed by atoms with Gasteiger partial charge < -0.3 is 9.88 Å². The van der Waals surface area contributed by atoms with Gasteiger partial charge in [-0.3, -0.25) is 14.5 Å². The fraction of sp³-hybridized carbons (Fsp3) is 0.333. The van der Waals surface area contributed by atoms with Crippen LogP contribution in [-0.4, -0.2) is 28.5 Å². The van der Waals surface area contributed by atoms with E-state index in [0.29, 0.717) is 0 Å². The number of nitrogens with zero attached hydrogens (tertiary/aromatic N) is 2. The van der Waals surface area contributed by atoms with Crippen LogP contribution in [0.15, 0.2) is 47.3 Å². The van der Waals surface area contributed by atoms with Crippen molar-refractivity contribution in [3.8, 4) is 0 Å². The summed E-state index contributed by atoms with van der Waals surface area (Å²) in [4.78, 5) is 26.9. The molecule has 0 saturated carbocycles. The van der Waals surface area contributed by atoms with Crippen molar-refractivity contribution in [2.75, 3.05) is 18.4 Å². The van der Waals surface area contributed by atoms with Crippen molar-refractivity contribution in [3.63, 3.8) is 0 Å². The number of hydrogen-bond acceptors (Lipinski definition) is 4. The predicted molar refractivity (Wildman–Crippen MR) is 115 cm³/mol. The number of rotatable bonds is 4. The first kappa shape index (κ1) is 19.2. The van der Waals surface area contributed by atoms with Gasteiger partial charge in [0, 0.05) is 30.8 Å². The molecule has 4 rings (SSSR count). The summed E-state index contributed by atoms with van der Waals surface area (Å²) in [6.07, 6.45) is 1.87. The summed E-state index contributed by atoms with van der Waals surface area (Å²) < 4.78 is 2.51.